The van der Waals surface area contributed by atoms with E-state index in [-0.39, 0.29) is 23.0 Å². The van der Waals surface area contributed by atoms with E-state index in [2.05, 4.69) is 4.98 Å². The molecule has 0 unspecified atom stereocenters. The molecular formula is C15H13Cl3N2O2. The third kappa shape index (κ3) is 3.14. The second-order valence-electron chi connectivity index (χ2n) is 4.51. The summed E-state index contributed by atoms with van der Waals surface area (Å²) in [5.74, 6) is -0.626. The number of carbonyl (C=O) groups is 1. The highest BCUT2D eigenvalue weighted by molar-refractivity contribution is 6.42. The molecule has 2 rings (SSSR count). The number of anilines is 1. The molecule has 0 saturated heterocycles. The van der Waals surface area contributed by atoms with E-state index in [9.17, 15) is 4.79 Å². The summed E-state index contributed by atoms with van der Waals surface area (Å²) in [6.07, 6.45) is 0. The molecule has 7 heteroatoms. The van der Waals surface area contributed by atoms with Gasteiger partial charge >= 0.3 is 5.97 Å². The number of hydrogen-bond donors (Lipinski definition) is 1. The molecule has 116 valence electrons. The Kier molecular flexibility index (Phi) is 5.16. The number of aromatic nitrogens is 1. The fourth-order valence-electron chi connectivity index (χ4n) is 1.95. The summed E-state index contributed by atoms with van der Waals surface area (Å²) < 4.78 is 4.94. The summed E-state index contributed by atoms with van der Waals surface area (Å²) in [4.78, 5) is 16.2. The molecule has 1 heterocycles. The van der Waals surface area contributed by atoms with E-state index in [0.29, 0.717) is 21.3 Å². The van der Waals surface area contributed by atoms with Crippen molar-refractivity contribution >= 4 is 46.5 Å². The zero-order valence-electron chi connectivity index (χ0n) is 11.9. The van der Waals surface area contributed by atoms with Gasteiger partial charge in [0.2, 0.25) is 0 Å². The Bertz CT molecular complexity index is 748. The Hall–Kier alpha value is -1.49. The summed E-state index contributed by atoms with van der Waals surface area (Å²) in [6.45, 7) is 3.72. The average Bonchev–Trinajstić information content (AvgIpc) is 2.48. The van der Waals surface area contributed by atoms with Crippen molar-refractivity contribution < 1.29 is 9.53 Å². The molecule has 0 spiro atoms. The number of halogens is 3. The van der Waals surface area contributed by atoms with Crippen molar-refractivity contribution in [3.05, 3.63) is 44.5 Å². The van der Waals surface area contributed by atoms with E-state index in [0.717, 1.165) is 5.56 Å². The number of pyridine rings is 1. The molecule has 2 N–H and O–H groups in total. The highest BCUT2D eigenvalue weighted by Crippen LogP contribution is 2.35. The van der Waals surface area contributed by atoms with Gasteiger partial charge in [-0.05, 0) is 31.5 Å². The molecular weight excluding hydrogens is 347 g/mol. The van der Waals surface area contributed by atoms with Crippen molar-refractivity contribution in [3.63, 3.8) is 0 Å². The van der Waals surface area contributed by atoms with Crippen LogP contribution < -0.4 is 5.73 Å². The van der Waals surface area contributed by atoms with Gasteiger partial charge in [0.1, 0.15) is 0 Å². The maximum Gasteiger partial charge on any atom is 0.358 e. The van der Waals surface area contributed by atoms with E-state index in [1.165, 1.54) is 0 Å². The summed E-state index contributed by atoms with van der Waals surface area (Å²) in [5.41, 5.74) is 8.00. The van der Waals surface area contributed by atoms with Crippen LogP contribution in [0.5, 0.6) is 0 Å². The first kappa shape index (κ1) is 16.9. The maximum absolute atomic E-state index is 11.9. The van der Waals surface area contributed by atoms with Crippen LogP contribution in [0.25, 0.3) is 11.3 Å². The van der Waals surface area contributed by atoms with Gasteiger partial charge in [-0.15, -0.1) is 0 Å². The fraction of sp³-hybridized carbons (Fsp3) is 0.200. The molecule has 1 aromatic heterocycles. The summed E-state index contributed by atoms with van der Waals surface area (Å²) in [7, 11) is 0. The number of benzene rings is 1. The molecule has 0 aliphatic carbocycles. The minimum absolute atomic E-state index is 0.0241. The minimum Gasteiger partial charge on any atom is -0.461 e. The number of rotatable bonds is 3. The number of hydrogen-bond acceptors (Lipinski definition) is 4. The third-order valence-electron chi connectivity index (χ3n) is 3.07. The predicted octanol–water partition coefficient (Wildman–Crippen LogP) is 4.78. The van der Waals surface area contributed by atoms with Crippen LogP contribution >= 0.6 is 34.8 Å². The number of esters is 1. The van der Waals surface area contributed by atoms with E-state index >= 15 is 0 Å². The van der Waals surface area contributed by atoms with Crippen LogP contribution in [0.2, 0.25) is 15.1 Å². The summed E-state index contributed by atoms with van der Waals surface area (Å²) in [6, 6.07) is 4.99. The predicted molar refractivity (Wildman–Crippen MR) is 89.8 cm³/mol. The van der Waals surface area contributed by atoms with Gasteiger partial charge in [-0.25, -0.2) is 9.78 Å². The van der Waals surface area contributed by atoms with Crippen molar-refractivity contribution in [1.82, 2.24) is 4.98 Å². The van der Waals surface area contributed by atoms with Gasteiger partial charge in [0.05, 0.1) is 33.1 Å². The van der Waals surface area contributed by atoms with Crippen LogP contribution in [-0.4, -0.2) is 17.6 Å². The van der Waals surface area contributed by atoms with E-state index in [1.54, 1.807) is 32.0 Å². The lowest BCUT2D eigenvalue weighted by atomic mass is 10.0. The van der Waals surface area contributed by atoms with Crippen molar-refractivity contribution in [2.24, 2.45) is 0 Å². The first-order chi connectivity index (χ1) is 10.4. The van der Waals surface area contributed by atoms with Gasteiger partial charge in [0.25, 0.3) is 0 Å². The lowest BCUT2D eigenvalue weighted by Crippen LogP contribution is -2.10. The van der Waals surface area contributed by atoms with Gasteiger partial charge in [0.15, 0.2) is 5.69 Å². The molecule has 2 aromatic rings. The normalized spacial score (nSPS) is 10.6. The Morgan fingerprint density at radius 1 is 1.27 bits per heavy atom. The highest BCUT2D eigenvalue weighted by atomic mass is 35.5. The second-order valence-corrected chi connectivity index (χ2v) is 5.68. The first-order valence-corrected chi connectivity index (χ1v) is 7.58. The number of carbonyl (C=O) groups excluding carboxylic acids is 1. The molecule has 0 atom stereocenters. The Labute approximate surface area is 143 Å². The minimum atomic E-state index is -0.626. The monoisotopic (exact) mass is 358 g/mol. The number of nitrogen functional groups attached to an aromatic ring is 1. The lowest BCUT2D eigenvalue weighted by molar-refractivity contribution is 0.0520. The van der Waals surface area contributed by atoms with Gasteiger partial charge < -0.3 is 10.5 Å². The topological polar surface area (TPSA) is 65.2 Å². The molecule has 0 saturated carbocycles. The molecule has 4 nitrogen and oxygen atoms in total. The Balaban J connectivity index is 2.63. The molecule has 1 aromatic carbocycles. The van der Waals surface area contributed by atoms with Gasteiger partial charge in [0, 0.05) is 5.56 Å². The summed E-state index contributed by atoms with van der Waals surface area (Å²) >= 11 is 18.2. The van der Waals surface area contributed by atoms with Crippen LogP contribution in [0.4, 0.5) is 5.69 Å². The SMILES string of the molecule is CCOC(=O)c1nc(-c2ccc(Cl)c(Cl)c2C)cc(N)c1Cl. The molecule has 0 radical (unpaired) electrons. The van der Waals surface area contributed by atoms with Crippen molar-refractivity contribution in [3.8, 4) is 11.3 Å². The molecule has 0 aliphatic rings. The van der Waals surface area contributed by atoms with Gasteiger partial charge in [-0.3, -0.25) is 0 Å². The Morgan fingerprint density at radius 3 is 2.59 bits per heavy atom. The molecule has 0 aliphatic heterocycles. The molecule has 0 fully saturated rings. The molecule has 0 amide bonds. The maximum atomic E-state index is 11.9. The van der Waals surface area contributed by atoms with E-state index in [1.807, 2.05) is 0 Å². The number of nitrogens with zero attached hydrogens (tertiary/aromatic N) is 1. The van der Waals surface area contributed by atoms with Crippen LogP contribution in [0.3, 0.4) is 0 Å². The van der Waals surface area contributed by atoms with Crippen LogP contribution in [0.1, 0.15) is 23.0 Å². The smallest absolute Gasteiger partial charge is 0.358 e. The van der Waals surface area contributed by atoms with Crippen LogP contribution in [-0.2, 0) is 4.74 Å². The molecule has 22 heavy (non-hydrogen) atoms. The van der Waals surface area contributed by atoms with E-state index in [4.69, 9.17) is 45.3 Å². The van der Waals surface area contributed by atoms with Crippen molar-refractivity contribution in [2.45, 2.75) is 13.8 Å². The largest absolute Gasteiger partial charge is 0.461 e. The van der Waals surface area contributed by atoms with E-state index < -0.39 is 5.97 Å². The van der Waals surface area contributed by atoms with Crippen LogP contribution in [0, 0.1) is 6.92 Å². The summed E-state index contributed by atoms with van der Waals surface area (Å²) in [5, 5.41) is 0.933. The van der Waals surface area contributed by atoms with Crippen molar-refractivity contribution in [1.29, 1.82) is 0 Å². The lowest BCUT2D eigenvalue weighted by Gasteiger charge is -2.12. The second kappa shape index (κ2) is 6.73. The Morgan fingerprint density at radius 2 is 1.95 bits per heavy atom. The fourth-order valence-corrected chi connectivity index (χ4v) is 2.49. The number of ether oxygens (including phenoxy) is 1. The zero-order chi connectivity index (χ0) is 16.4. The average molecular weight is 360 g/mol. The highest BCUT2D eigenvalue weighted by Gasteiger charge is 2.19. The first-order valence-electron chi connectivity index (χ1n) is 6.44. The van der Waals surface area contributed by atoms with Crippen molar-refractivity contribution in [2.75, 3.05) is 12.3 Å². The van der Waals surface area contributed by atoms with Gasteiger partial charge in [-0.1, -0.05) is 40.9 Å². The van der Waals surface area contributed by atoms with Crippen LogP contribution in [0.15, 0.2) is 18.2 Å². The quantitative estimate of drug-likeness (QED) is 0.801. The third-order valence-corrected chi connectivity index (χ3v) is 4.37. The number of nitrogens with two attached hydrogens (primary N) is 1. The molecule has 0 bridgehead atoms. The zero-order valence-corrected chi connectivity index (χ0v) is 14.2. The van der Waals surface area contributed by atoms with Gasteiger partial charge in [-0.2, -0.15) is 0 Å². The standard InChI is InChI=1S/C15H13Cl3N2O2/c1-3-22-15(21)14-13(18)10(19)6-11(20-14)8-4-5-9(16)12(17)7(8)2/h4-6H,3H2,1-2H3,(H2,19,20).